The van der Waals surface area contributed by atoms with Gasteiger partial charge in [-0.2, -0.15) is 18.3 Å². The van der Waals surface area contributed by atoms with E-state index in [9.17, 15) is 18.0 Å². The van der Waals surface area contributed by atoms with Gasteiger partial charge in [0.25, 0.3) is 5.91 Å². The summed E-state index contributed by atoms with van der Waals surface area (Å²) in [5, 5.41) is 12.0. The average molecular weight is 582 g/mol. The number of hydrogen-bond donors (Lipinski definition) is 1. The van der Waals surface area contributed by atoms with Gasteiger partial charge in [-0.1, -0.05) is 42.8 Å². The number of carbonyl (C=O) groups excluding carboxylic acids is 1. The Kier molecular flexibility index (Phi) is 8.96. The van der Waals surface area contributed by atoms with Gasteiger partial charge in [0.15, 0.2) is 0 Å². The second-order valence-corrected chi connectivity index (χ2v) is 10.7. The molecule has 222 valence electrons. The number of carboxylic acid groups (broad SMARTS) is 1. The number of carbonyl (C=O) groups is 2. The van der Waals surface area contributed by atoms with Crippen molar-refractivity contribution in [2.75, 3.05) is 26.2 Å². The molecule has 0 radical (unpaired) electrons. The second kappa shape index (κ2) is 12.8. The van der Waals surface area contributed by atoms with Crippen LogP contribution < -0.4 is 0 Å². The van der Waals surface area contributed by atoms with Gasteiger partial charge < -0.3 is 19.3 Å². The number of benzene rings is 1. The van der Waals surface area contributed by atoms with Crippen molar-refractivity contribution in [2.24, 2.45) is 0 Å². The number of aromatic nitrogens is 3. The predicted molar refractivity (Wildman–Crippen MR) is 152 cm³/mol. The van der Waals surface area contributed by atoms with Crippen LogP contribution in [-0.4, -0.2) is 79.4 Å². The van der Waals surface area contributed by atoms with Gasteiger partial charge >= 0.3 is 12.1 Å². The zero-order valence-corrected chi connectivity index (χ0v) is 23.2. The number of alkyl halides is 3. The van der Waals surface area contributed by atoms with Gasteiger partial charge in [0.1, 0.15) is 5.69 Å². The Hall–Kier alpha value is -4.12. The summed E-state index contributed by atoms with van der Waals surface area (Å²) in [6.07, 6.45) is 5.11. The molecule has 8 nitrogen and oxygen atoms in total. The molecular formula is C31H34F3N5O3. The van der Waals surface area contributed by atoms with Crippen LogP contribution in [-0.2, 0) is 11.3 Å². The van der Waals surface area contributed by atoms with Gasteiger partial charge in [0.05, 0.1) is 23.3 Å². The smallest absolute Gasteiger partial charge is 0.475 e. The molecule has 0 unspecified atom stereocenters. The van der Waals surface area contributed by atoms with Crippen molar-refractivity contribution < 1.29 is 27.9 Å². The van der Waals surface area contributed by atoms with Crippen molar-refractivity contribution >= 4 is 17.4 Å². The fraction of sp³-hybridized carbons (Fsp3) is 0.387. The van der Waals surface area contributed by atoms with E-state index in [1.54, 1.807) is 0 Å². The number of fused-ring (bicyclic) bond motifs is 1. The van der Waals surface area contributed by atoms with Crippen LogP contribution in [0.2, 0.25) is 0 Å². The Morgan fingerprint density at radius 3 is 2.21 bits per heavy atom. The van der Waals surface area contributed by atoms with Gasteiger partial charge in [-0.05, 0) is 68.6 Å². The zero-order chi connectivity index (χ0) is 29.7. The summed E-state index contributed by atoms with van der Waals surface area (Å²) in [4.78, 5) is 27.3. The number of piperidine rings is 2. The normalized spacial score (nSPS) is 16.7. The Bertz CT molecular complexity index is 1500. The molecule has 1 aromatic carbocycles. The Morgan fingerprint density at radius 2 is 1.55 bits per heavy atom. The van der Waals surface area contributed by atoms with E-state index >= 15 is 0 Å². The molecule has 2 saturated heterocycles. The minimum atomic E-state index is -5.08. The lowest BCUT2D eigenvalue weighted by molar-refractivity contribution is -0.192. The molecule has 2 fully saturated rings. The minimum absolute atomic E-state index is 0.140. The molecule has 2 aliphatic rings. The number of amides is 1. The molecule has 0 bridgehead atoms. The summed E-state index contributed by atoms with van der Waals surface area (Å²) in [6.45, 7) is 4.85. The highest BCUT2D eigenvalue weighted by Gasteiger charge is 2.38. The van der Waals surface area contributed by atoms with E-state index in [2.05, 4.69) is 26.3 Å². The number of rotatable bonds is 5. The van der Waals surface area contributed by atoms with E-state index in [0.29, 0.717) is 6.04 Å². The van der Waals surface area contributed by atoms with E-state index in [1.165, 1.54) is 37.9 Å². The number of carboxylic acids is 1. The molecule has 0 spiro atoms. The van der Waals surface area contributed by atoms with Crippen molar-refractivity contribution in [3.63, 3.8) is 0 Å². The number of pyridine rings is 1. The van der Waals surface area contributed by atoms with Crippen LogP contribution >= 0.6 is 0 Å². The highest BCUT2D eigenvalue weighted by atomic mass is 19.4. The maximum Gasteiger partial charge on any atom is 0.490 e. The van der Waals surface area contributed by atoms with Crippen LogP contribution in [0.1, 0.15) is 48.0 Å². The Labute approximate surface area is 242 Å². The second-order valence-electron chi connectivity index (χ2n) is 10.7. The number of halogens is 3. The van der Waals surface area contributed by atoms with Crippen molar-refractivity contribution in [1.82, 2.24) is 24.0 Å². The first-order valence-electron chi connectivity index (χ1n) is 14.2. The number of likely N-dealkylation sites (tertiary alicyclic amines) is 2. The molecule has 1 N–H and O–H groups in total. The molecule has 2 aliphatic heterocycles. The third kappa shape index (κ3) is 6.84. The molecule has 1 amide bonds. The van der Waals surface area contributed by atoms with E-state index in [1.807, 2.05) is 65.6 Å². The molecular weight excluding hydrogens is 547 g/mol. The molecule has 42 heavy (non-hydrogen) atoms. The average Bonchev–Trinajstić information content (AvgIpc) is 3.62. The van der Waals surface area contributed by atoms with E-state index in [-0.39, 0.29) is 5.91 Å². The largest absolute Gasteiger partial charge is 0.490 e. The first kappa shape index (κ1) is 29.4. The number of nitrogens with zero attached hydrogens (tertiary/aromatic N) is 5. The van der Waals surface area contributed by atoms with Crippen molar-refractivity contribution in [1.29, 1.82) is 0 Å². The monoisotopic (exact) mass is 581 g/mol. The Morgan fingerprint density at radius 1 is 0.881 bits per heavy atom. The molecule has 0 atom stereocenters. The summed E-state index contributed by atoms with van der Waals surface area (Å²) >= 11 is 0. The summed E-state index contributed by atoms with van der Waals surface area (Å²) in [5.41, 5.74) is 4.77. The van der Waals surface area contributed by atoms with Crippen LogP contribution in [0.15, 0.2) is 73.1 Å². The van der Waals surface area contributed by atoms with Gasteiger partial charge in [-0.25, -0.2) is 4.79 Å². The van der Waals surface area contributed by atoms with Crippen molar-refractivity contribution in [2.45, 2.75) is 50.9 Å². The minimum Gasteiger partial charge on any atom is -0.475 e. The topological polar surface area (TPSA) is 83.1 Å². The Balaban J connectivity index is 0.000000451. The number of aliphatic carboxylic acids is 1. The SMILES string of the molecule is O=C(O)C(F)(F)F.O=C(c1cc(-c2ccn(Cc3ccccc3)n2)n2ccccc12)N1CCC(N2CCCCC2)CC1. The van der Waals surface area contributed by atoms with Crippen LogP contribution in [0.3, 0.4) is 0 Å². The molecule has 6 rings (SSSR count). The summed E-state index contributed by atoms with van der Waals surface area (Å²) in [7, 11) is 0. The van der Waals surface area contributed by atoms with Gasteiger partial charge in [0, 0.05) is 31.5 Å². The first-order valence-corrected chi connectivity index (χ1v) is 14.2. The molecule has 4 aromatic rings. The highest BCUT2D eigenvalue weighted by molar-refractivity contribution is 6.02. The van der Waals surface area contributed by atoms with Gasteiger partial charge in [0.2, 0.25) is 0 Å². The highest BCUT2D eigenvalue weighted by Crippen LogP contribution is 2.28. The van der Waals surface area contributed by atoms with E-state index in [4.69, 9.17) is 15.0 Å². The standard InChI is InChI=1S/C29H33N5O.C2HF3O2/c35-29(32-18-12-24(13-19-32)31-15-6-2-7-16-31)25-21-28(34-17-8-5-11-27(25)34)26-14-20-33(30-26)22-23-9-3-1-4-10-23;3-2(4,5)1(6)7/h1,3-5,8-11,14,17,20-21,24H,2,6-7,12-13,15-16,18-19,22H2;(H,6,7). The maximum absolute atomic E-state index is 13.7. The maximum atomic E-state index is 13.7. The molecule has 11 heteroatoms. The lowest BCUT2D eigenvalue weighted by Gasteiger charge is -2.40. The van der Waals surface area contributed by atoms with Crippen LogP contribution in [0.4, 0.5) is 13.2 Å². The summed E-state index contributed by atoms with van der Waals surface area (Å²) < 4.78 is 35.8. The molecule has 5 heterocycles. The molecule has 0 aliphatic carbocycles. The quantitative estimate of drug-likeness (QED) is 0.333. The van der Waals surface area contributed by atoms with E-state index < -0.39 is 12.1 Å². The third-order valence-corrected chi connectivity index (χ3v) is 7.90. The zero-order valence-electron chi connectivity index (χ0n) is 23.2. The van der Waals surface area contributed by atoms with Gasteiger partial charge in [-0.15, -0.1) is 0 Å². The summed E-state index contributed by atoms with van der Waals surface area (Å²) in [5.74, 6) is -2.62. The fourth-order valence-electron chi connectivity index (χ4n) is 5.77. The third-order valence-electron chi connectivity index (χ3n) is 7.90. The number of hydrogen-bond acceptors (Lipinski definition) is 4. The van der Waals surface area contributed by atoms with E-state index in [0.717, 1.165) is 54.9 Å². The fourth-order valence-corrected chi connectivity index (χ4v) is 5.77. The predicted octanol–water partition coefficient (Wildman–Crippen LogP) is 5.57. The van der Waals surface area contributed by atoms with Gasteiger partial charge in [-0.3, -0.25) is 9.48 Å². The van der Waals surface area contributed by atoms with Crippen molar-refractivity contribution in [3.05, 3.63) is 84.2 Å². The first-order chi connectivity index (χ1) is 20.2. The van der Waals surface area contributed by atoms with Crippen LogP contribution in [0.25, 0.3) is 16.9 Å². The van der Waals surface area contributed by atoms with Crippen LogP contribution in [0, 0.1) is 0 Å². The lowest BCUT2D eigenvalue weighted by Crippen LogP contribution is -2.48. The molecule has 3 aromatic heterocycles. The summed E-state index contributed by atoms with van der Waals surface area (Å²) in [6, 6.07) is 21.1. The molecule has 0 saturated carbocycles. The van der Waals surface area contributed by atoms with Crippen LogP contribution in [0.5, 0.6) is 0 Å². The lowest BCUT2D eigenvalue weighted by atomic mass is 9.99. The van der Waals surface area contributed by atoms with Crippen molar-refractivity contribution in [3.8, 4) is 11.4 Å².